The van der Waals surface area contributed by atoms with E-state index in [4.69, 9.17) is 4.74 Å². The summed E-state index contributed by atoms with van der Waals surface area (Å²) in [6, 6.07) is 0. The molecule has 1 saturated heterocycles. The number of epoxide rings is 1. The lowest BCUT2D eigenvalue weighted by atomic mass is 10.0. The molecular weight excluding hydrogens is 280 g/mol. The van der Waals surface area contributed by atoms with E-state index in [-0.39, 0.29) is 0 Å². The summed E-state index contributed by atoms with van der Waals surface area (Å²) in [6.07, 6.45) is 28.3. The van der Waals surface area contributed by atoms with Crippen LogP contribution in [0.1, 0.15) is 129 Å². The summed E-state index contributed by atoms with van der Waals surface area (Å²) in [5, 5.41) is 0. The molecule has 0 N–H and O–H groups in total. The van der Waals surface area contributed by atoms with E-state index in [9.17, 15) is 0 Å². The molecular formula is C22H44O. The first-order valence-electron chi connectivity index (χ1n) is 11.0. The normalized spacial score (nSPS) is 16.8. The van der Waals surface area contributed by atoms with Gasteiger partial charge in [0.25, 0.3) is 0 Å². The molecule has 0 radical (unpaired) electrons. The molecule has 1 rings (SSSR count). The Morgan fingerprint density at radius 2 is 0.826 bits per heavy atom. The van der Waals surface area contributed by atoms with Crippen molar-refractivity contribution >= 4 is 0 Å². The van der Waals surface area contributed by atoms with E-state index in [1.165, 1.54) is 122 Å². The maximum atomic E-state index is 5.24. The van der Waals surface area contributed by atoms with E-state index < -0.39 is 0 Å². The van der Waals surface area contributed by atoms with Crippen molar-refractivity contribution in [2.45, 2.75) is 135 Å². The van der Waals surface area contributed by atoms with Gasteiger partial charge in [-0.05, 0) is 6.42 Å². The molecule has 0 amide bonds. The van der Waals surface area contributed by atoms with Crippen LogP contribution in [0.2, 0.25) is 0 Å². The highest BCUT2D eigenvalue weighted by atomic mass is 16.6. The van der Waals surface area contributed by atoms with Crippen LogP contribution < -0.4 is 0 Å². The first kappa shape index (κ1) is 21.0. The lowest BCUT2D eigenvalue weighted by Gasteiger charge is -2.03. The summed E-state index contributed by atoms with van der Waals surface area (Å²) in [5.41, 5.74) is 0. The Kier molecular flexibility index (Phi) is 15.3. The highest BCUT2D eigenvalue weighted by molar-refractivity contribution is 4.68. The number of ether oxygens (including phenoxy) is 1. The lowest BCUT2D eigenvalue weighted by molar-refractivity contribution is 0.387. The maximum Gasteiger partial charge on any atom is 0.0810 e. The molecule has 1 aliphatic heterocycles. The number of unbranched alkanes of at least 4 members (excludes halogenated alkanes) is 17. The standard InChI is InChI=1S/C22H44O/c1-2-3-4-5-6-7-8-9-10-11-12-13-14-15-16-17-18-19-20-22-21-23-22/h22H,2-21H2,1H3. The highest BCUT2D eigenvalue weighted by Crippen LogP contribution is 2.18. The van der Waals surface area contributed by atoms with Crippen molar-refractivity contribution in [3.8, 4) is 0 Å². The molecule has 0 saturated carbocycles. The zero-order valence-electron chi connectivity index (χ0n) is 16.1. The van der Waals surface area contributed by atoms with Crippen molar-refractivity contribution in [2.75, 3.05) is 6.61 Å². The number of rotatable bonds is 19. The summed E-state index contributed by atoms with van der Waals surface area (Å²) >= 11 is 0. The second kappa shape index (κ2) is 16.8. The van der Waals surface area contributed by atoms with E-state index in [0.717, 1.165) is 6.61 Å². The molecule has 1 fully saturated rings. The smallest absolute Gasteiger partial charge is 0.0810 e. The summed E-state index contributed by atoms with van der Waals surface area (Å²) in [4.78, 5) is 0. The fourth-order valence-corrected chi connectivity index (χ4v) is 3.51. The first-order valence-corrected chi connectivity index (χ1v) is 11.0. The Labute approximate surface area is 147 Å². The topological polar surface area (TPSA) is 12.5 Å². The van der Waals surface area contributed by atoms with Gasteiger partial charge in [-0.25, -0.2) is 0 Å². The molecule has 1 atom stereocenters. The highest BCUT2D eigenvalue weighted by Gasteiger charge is 2.20. The lowest BCUT2D eigenvalue weighted by Crippen LogP contribution is -1.86. The minimum atomic E-state index is 0.649. The van der Waals surface area contributed by atoms with Crippen LogP contribution in [0.5, 0.6) is 0 Å². The van der Waals surface area contributed by atoms with Gasteiger partial charge in [-0.1, -0.05) is 122 Å². The van der Waals surface area contributed by atoms with E-state index in [1.54, 1.807) is 0 Å². The van der Waals surface area contributed by atoms with Crippen LogP contribution in [0.15, 0.2) is 0 Å². The number of hydrogen-bond donors (Lipinski definition) is 0. The fourth-order valence-electron chi connectivity index (χ4n) is 3.51. The Morgan fingerprint density at radius 1 is 0.522 bits per heavy atom. The minimum absolute atomic E-state index is 0.649. The van der Waals surface area contributed by atoms with E-state index >= 15 is 0 Å². The third-order valence-corrected chi connectivity index (χ3v) is 5.28. The molecule has 0 bridgehead atoms. The van der Waals surface area contributed by atoms with Gasteiger partial charge < -0.3 is 4.74 Å². The van der Waals surface area contributed by atoms with Crippen molar-refractivity contribution in [1.29, 1.82) is 0 Å². The van der Waals surface area contributed by atoms with Crippen LogP contribution in [0.25, 0.3) is 0 Å². The molecule has 1 nitrogen and oxygen atoms in total. The van der Waals surface area contributed by atoms with Crippen LogP contribution in [-0.2, 0) is 4.74 Å². The Morgan fingerprint density at radius 3 is 1.13 bits per heavy atom. The summed E-state index contributed by atoms with van der Waals surface area (Å²) in [6.45, 7) is 3.34. The van der Waals surface area contributed by atoms with Crippen molar-refractivity contribution in [3.63, 3.8) is 0 Å². The van der Waals surface area contributed by atoms with Crippen LogP contribution in [-0.4, -0.2) is 12.7 Å². The molecule has 0 spiro atoms. The molecule has 0 aromatic rings. The van der Waals surface area contributed by atoms with E-state index in [1.807, 2.05) is 0 Å². The number of hydrogen-bond acceptors (Lipinski definition) is 1. The quantitative estimate of drug-likeness (QED) is 0.174. The van der Waals surface area contributed by atoms with Gasteiger partial charge in [0.2, 0.25) is 0 Å². The van der Waals surface area contributed by atoms with Gasteiger partial charge in [-0.2, -0.15) is 0 Å². The van der Waals surface area contributed by atoms with Gasteiger partial charge in [-0.3, -0.25) is 0 Å². The molecule has 0 aromatic carbocycles. The molecule has 1 aliphatic rings. The molecule has 1 heterocycles. The van der Waals surface area contributed by atoms with Gasteiger partial charge in [0.15, 0.2) is 0 Å². The van der Waals surface area contributed by atoms with Crippen LogP contribution in [0.3, 0.4) is 0 Å². The Balaban J connectivity index is 1.59. The predicted octanol–water partition coefficient (Wildman–Crippen LogP) is 7.82. The Hall–Kier alpha value is -0.0400. The van der Waals surface area contributed by atoms with Crippen LogP contribution in [0.4, 0.5) is 0 Å². The monoisotopic (exact) mass is 324 g/mol. The largest absolute Gasteiger partial charge is 0.373 e. The second-order valence-corrected chi connectivity index (χ2v) is 7.75. The summed E-state index contributed by atoms with van der Waals surface area (Å²) < 4.78 is 5.24. The van der Waals surface area contributed by atoms with E-state index in [0.29, 0.717) is 6.10 Å². The molecule has 1 unspecified atom stereocenters. The van der Waals surface area contributed by atoms with Crippen molar-refractivity contribution in [2.24, 2.45) is 0 Å². The van der Waals surface area contributed by atoms with Gasteiger partial charge in [0.1, 0.15) is 0 Å². The predicted molar refractivity (Wildman–Crippen MR) is 103 cm³/mol. The minimum Gasteiger partial charge on any atom is -0.373 e. The fraction of sp³-hybridized carbons (Fsp3) is 1.00. The van der Waals surface area contributed by atoms with Crippen LogP contribution in [0, 0.1) is 0 Å². The van der Waals surface area contributed by atoms with Gasteiger partial charge in [0.05, 0.1) is 12.7 Å². The van der Waals surface area contributed by atoms with Crippen molar-refractivity contribution in [3.05, 3.63) is 0 Å². The summed E-state index contributed by atoms with van der Waals surface area (Å²) in [5.74, 6) is 0. The third kappa shape index (κ3) is 16.6. The van der Waals surface area contributed by atoms with Crippen molar-refractivity contribution in [1.82, 2.24) is 0 Å². The average Bonchev–Trinajstić information content (AvgIpc) is 3.38. The van der Waals surface area contributed by atoms with Gasteiger partial charge in [0, 0.05) is 0 Å². The molecule has 138 valence electrons. The summed E-state index contributed by atoms with van der Waals surface area (Å²) in [7, 11) is 0. The first-order chi connectivity index (χ1) is 11.4. The van der Waals surface area contributed by atoms with E-state index in [2.05, 4.69) is 6.92 Å². The molecule has 0 aromatic heterocycles. The second-order valence-electron chi connectivity index (χ2n) is 7.75. The third-order valence-electron chi connectivity index (χ3n) is 5.28. The SMILES string of the molecule is CCCCCCCCCCCCCCCCCCCCC1CO1. The van der Waals surface area contributed by atoms with Crippen LogP contribution >= 0.6 is 0 Å². The van der Waals surface area contributed by atoms with Crippen molar-refractivity contribution < 1.29 is 4.74 Å². The zero-order chi connectivity index (χ0) is 16.4. The molecule has 0 aliphatic carbocycles. The zero-order valence-corrected chi connectivity index (χ0v) is 16.1. The van der Waals surface area contributed by atoms with Gasteiger partial charge >= 0.3 is 0 Å². The Bertz CT molecular complexity index is 222. The maximum absolute atomic E-state index is 5.24. The van der Waals surface area contributed by atoms with Gasteiger partial charge in [-0.15, -0.1) is 0 Å². The average molecular weight is 325 g/mol. The molecule has 1 heteroatoms. The molecule has 23 heavy (non-hydrogen) atoms.